The summed E-state index contributed by atoms with van der Waals surface area (Å²) < 4.78 is 0. The molecule has 1 aromatic heterocycles. The fraction of sp³-hybridized carbons (Fsp3) is 0.304. The Morgan fingerprint density at radius 3 is 2.79 bits per heavy atom. The minimum absolute atomic E-state index is 0.137. The SMILES string of the molecule is CN1CN(Cc2cccnc2)C(=O)C2=C1CCN(CC#Cc1ccccc1)C2. The van der Waals surface area contributed by atoms with Gasteiger partial charge in [-0.15, -0.1) is 0 Å². The molecule has 0 radical (unpaired) electrons. The van der Waals surface area contributed by atoms with E-state index < -0.39 is 0 Å². The molecule has 2 aliphatic heterocycles. The Morgan fingerprint density at radius 1 is 1.14 bits per heavy atom. The molecule has 1 amide bonds. The molecule has 5 heteroatoms. The molecule has 0 spiro atoms. The minimum atomic E-state index is 0.137. The van der Waals surface area contributed by atoms with Gasteiger partial charge < -0.3 is 9.80 Å². The van der Waals surface area contributed by atoms with E-state index in [1.54, 1.807) is 6.20 Å². The standard InChI is InChI=1S/C23H24N4O/c1-25-18-27(16-20-9-5-12-24-15-20)23(28)21-17-26(14-11-22(21)25)13-6-10-19-7-3-2-4-8-19/h2-5,7-9,12,15H,11,13-14,16-18H2,1H3. The monoisotopic (exact) mass is 372 g/mol. The van der Waals surface area contributed by atoms with Crippen molar-refractivity contribution < 1.29 is 4.79 Å². The summed E-state index contributed by atoms with van der Waals surface area (Å²) in [5.74, 6) is 6.59. The maximum absolute atomic E-state index is 13.1. The largest absolute Gasteiger partial charge is 0.360 e. The molecular formula is C23H24N4O. The van der Waals surface area contributed by atoms with Crippen LogP contribution in [0.15, 0.2) is 66.1 Å². The molecule has 0 saturated carbocycles. The van der Waals surface area contributed by atoms with E-state index in [0.29, 0.717) is 26.3 Å². The van der Waals surface area contributed by atoms with E-state index in [4.69, 9.17) is 0 Å². The number of hydrogen-bond donors (Lipinski definition) is 0. The van der Waals surface area contributed by atoms with E-state index in [-0.39, 0.29) is 5.91 Å². The van der Waals surface area contributed by atoms with Gasteiger partial charge in [0, 0.05) is 56.8 Å². The van der Waals surface area contributed by atoms with Crippen molar-refractivity contribution in [2.24, 2.45) is 0 Å². The Kier molecular flexibility index (Phi) is 5.41. The first-order chi connectivity index (χ1) is 13.7. The molecule has 3 heterocycles. The predicted molar refractivity (Wildman–Crippen MR) is 109 cm³/mol. The Morgan fingerprint density at radius 2 is 2.00 bits per heavy atom. The minimum Gasteiger partial charge on any atom is -0.360 e. The molecule has 28 heavy (non-hydrogen) atoms. The zero-order valence-corrected chi connectivity index (χ0v) is 16.1. The highest BCUT2D eigenvalue weighted by molar-refractivity contribution is 5.95. The van der Waals surface area contributed by atoms with Gasteiger partial charge in [0.2, 0.25) is 0 Å². The quantitative estimate of drug-likeness (QED) is 0.776. The third-order valence-electron chi connectivity index (χ3n) is 5.19. The van der Waals surface area contributed by atoms with Gasteiger partial charge in [-0.25, -0.2) is 0 Å². The average molecular weight is 372 g/mol. The van der Waals surface area contributed by atoms with Crippen LogP contribution in [0.5, 0.6) is 0 Å². The molecule has 0 fully saturated rings. The number of carbonyl (C=O) groups is 1. The van der Waals surface area contributed by atoms with Gasteiger partial charge in [-0.1, -0.05) is 36.1 Å². The molecule has 0 atom stereocenters. The van der Waals surface area contributed by atoms with Crippen molar-refractivity contribution >= 4 is 5.91 Å². The molecule has 4 rings (SSSR count). The molecule has 2 aliphatic rings. The van der Waals surface area contributed by atoms with E-state index in [9.17, 15) is 4.79 Å². The third kappa shape index (κ3) is 4.08. The summed E-state index contributed by atoms with van der Waals surface area (Å²) in [6.07, 6.45) is 4.47. The number of benzene rings is 1. The number of hydrogen-bond acceptors (Lipinski definition) is 4. The number of amides is 1. The van der Waals surface area contributed by atoms with E-state index in [0.717, 1.165) is 29.7 Å². The molecule has 0 saturated heterocycles. The Hall–Kier alpha value is -3.10. The van der Waals surface area contributed by atoms with Crippen LogP contribution in [0.3, 0.4) is 0 Å². The second kappa shape index (κ2) is 8.28. The molecule has 2 aromatic rings. The average Bonchev–Trinajstić information content (AvgIpc) is 2.73. The molecule has 0 aliphatic carbocycles. The second-order valence-corrected chi connectivity index (χ2v) is 7.26. The van der Waals surface area contributed by atoms with Gasteiger partial charge in [-0.2, -0.15) is 0 Å². The molecule has 0 N–H and O–H groups in total. The summed E-state index contributed by atoms with van der Waals surface area (Å²) in [6.45, 7) is 3.47. The number of carbonyl (C=O) groups excluding carboxylic acids is 1. The van der Waals surface area contributed by atoms with Crippen LogP contribution in [-0.4, -0.2) is 58.9 Å². The highest BCUT2D eigenvalue weighted by Gasteiger charge is 2.33. The lowest BCUT2D eigenvalue weighted by molar-refractivity contribution is -0.131. The first-order valence-electron chi connectivity index (χ1n) is 9.58. The Balaban J connectivity index is 1.44. The predicted octanol–water partition coefficient (Wildman–Crippen LogP) is 2.32. The van der Waals surface area contributed by atoms with Crippen LogP contribution in [-0.2, 0) is 11.3 Å². The van der Waals surface area contributed by atoms with Crippen molar-refractivity contribution in [2.45, 2.75) is 13.0 Å². The maximum Gasteiger partial charge on any atom is 0.254 e. The molecule has 1 aromatic carbocycles. The van der Waals surface area contributed by atoms with Crippen molar-refractivity contribution in [1.29, 1.82) is 0 Å². The first kappa shape index (κ1) is 18.3. The van der Waals surface area contributed by atoms with Gasteiger partial charge in [0.05, 0.1) is 18.8 Å². The van der Waals surface area contributed by atoms with Crippen LogP contribution >= 0.6 is 0 Å². The summed E-state index contributed by atoms with van der Waals surface area (Å²) >= 11 is 0. The molecular weight excluding hydrogens is 348 g/mol. The third-order valence-corrected chi connectivity index (χ3v) is 5.19. The van der Waals surface area contributed by atoms with Gasteiger partial charge in [0.25, 0.3) is 5.91 Å². The number of pyridine rings is 1. The van der Waals surface area contributed by atoms with Crippen LogP contribution in [0.2, 0.25) is 0 Å². The molecule has 142 valence electrons. The Labute approximate surface area is 166 Å². The lowest BCUT2D eigenvalue weighted by atomic mass is 10.0. The molecule has 0 unspecified atom stereocenters. The highest BCUT2D eigenvalue weighted by atomic mass is 16.2. The smallest absolute Gasteiger partial charge is 0.254 e. The van der Waals surface area contributed by atoms with E-state index in [1.165, 1.54) is 5.70 Å². The maximum atomic E-state index is 13.1. The van der Waals surface area contributed by atoms with Gasteiger partial charge >= 0.3 is 0 Å². The van der Waals surface area contributed by atoms with Crippen LogP contribution in [0, 0.1) is 11.8 Å². The van der Waals surface area contributed by atoms with Crippen LogP contribution in [0.1, 0.15) is 17.5 Å². The molecule has 0 bridgehead atoms. The fourth-order valence-corrected chi connectivity index (χ4v) is 3.76. The van der Waals surface area contributed by atoms with Crippen molar-refractivity contribution in [3.8, 4) is 11.8 Å². The Bertz CT molecular complexity index is 927. The zero-order chi connectivity index (χ0) is 19.3. The summed E-state index contributed by atoms with van der Waals surface area (Å²) in [4.78, 5) is 23.6. The van der Waals surface area contributed by atoms with Gasteiger partial charge in [0.15, 0.2) is 0 Å². The summed E-state index contributed by atoms with van der Waals surface area (Å²) in [5.41, 5.74) is 4.16. The summed E-state index contributed by atoms with van der Waals surface area (Å²) in [7, 11) is 2.07. The fourth-order valence-electron chi connectivity index (χ4n) is 3.76. The van der Waals surface area contributed by atoms with Crippen LogP contribution in [0.4, 0.5) is 0 Å². The van der Waals surface area contributed by atoms with E-state index in [1.807, 2.05) is 53.6 Å². The lowest BCUT2D eigenvalue weighted by Crippen LogP contribution is -2.50. The van der Waals surface area contributed by atoms with E-state index in [2.05, 4.69) is 33.7 Å². The normalized spacial score (nSPS) is 17.2. The van der Waals surface area contributed by atoms with E-state index >= 15 is 0 Å². The van der Waals surface area contributed by atoms with Crippen molar-refractivity contribution in [2.75, 3.05) is 33.4 Å². The lowest BCUT2D eigenvalue weighted by Gasteiger charge is -2.41. The zero-order valence-electron chi connectivity index (χ0n) is 16.1. The van der Waals surface area contributed by atoms with Crippen LogP contribution < -0.4 is 0 Å². The first-order valence-corrected chi connectivity index (χ1v) is 9.58. The second-order valence-electron chi connectivity index (χ2n) is 7.26. The number of aromatic nitrogens is 1. The highest BCUT2D eigenvalue weighted by Crippen LogP contribution is 2.27. The van der Waals surface area contributed by atoms with Crippen LogP contribution in [0.25, 0.3) is 0 Å². The summed E-state index contributed by atoms with van der Waals surface area (Å²) in [6, 6.07) is 13.9. The van der Waals surface area contributed by atoms with Crippen molar-refractivity contribution in [1.82, 2.24) is 19.7 Å². The van der Waals surface area contributed by atoms with Gasteiger partial charge in [-0.05, 0) is 23.8 Å². The van der Waals surface area contributed by atoms with Crippen molar-refractivity contribution in [3.05, 3.63) is 77.3 Å². The van der Waals surface area contributed by atoms with Gasteiger partial charge in [0.1, 0.15) is 0 Å². The molecule has 5 nitrogen and oxygen atoms in total. The van der Waals surface area contributed by atoms with Gasteiger partial charge in [-0.3, -0.25) is 14.7 Å². The topological polar surface area (TPSA) is 39.7 Å². The van der Waals surface area contributed by atoms with Crippen molar-refractivity contribution in [3.63, 3.8) is 0 Å². The number of rotatable bonds is 3. The summed E-state index contributed by atoms with van der Waals surface area (Å²) in [5, 5.41) is 0. The number of nitrogens with zero attached hydrogens (tertiary/aromatic N) is 4.